The van der Waals surface area contributed by atoms with Gasteiger partial charge in [-0.1, -0.05) is 25.1 Å². The zero-order chi connectivity index (χ0) is 16.2. The highest BCUT2D eigenvalue weighted by Crippen LogP contribution is 2.26. The van der Waals surface area contributed by atoms with E-state index < -0.39 is 0 Å². The van der Waals surface area contributed by atoms with Crippen LogP contribution >= 0.6 is 0 Å². The average molecular weight is 311 g/mol. The van der Waals surface area contributed by atoms with Crippen molar-refractivity contribution in [1.82, 2.24) is 20.1 Å². The lowest BCUT2D eigenvalue weighted by atomic mass is 10.3. The van der Waals surface area contributed by atoms with Gasteiger partial charge in [-0.05, 0) is 18.6 Å². The number of aromatic nitrogens is 3. The number of hydrogen-bond acceptors (Lipinski definition) is 5. The third-order valence-electron chi connectivity index (χ3n) is 3.31. The number of nitrogens with zero attached hydrogens (tertiary/aromatic N) is 3. The molecule has 3 rings (SSSR count). The van der Waals surface area contributed by atoms with Gasteiger partial charge < -0.3 is 15.5 Å². The van der Waals surface area contributed by atoms with Gasteiger partial charge in [0.05, 0.1) is 17.4 Å². The van der Waals surface area contributed by atoms with Crippen molar-refractivity contribution in [2.75, 3.05) is 12.3 Å². The first-order chi connectivity index (χ1) is 11.2. The van der Waals surface area contributed by atoms with E-state index in [2.05, 4.69) is 15.4 Å². The van der Waals surface area contributed by atoms with E-state index in [9.17, 15) is 4.79 Å². The van der Waals surface area contributed by atoms with E-state index in [0.29, 0.717) is 17.9 Å². The average Bonchev–Trinajstić information content (AvgIpc) is 3.20. The Balaban J connectivity index is 1.88. The van der Waals surface area contributed by atoms with Crippen molar-refractivity contribution in [3.63, 3.8) is 0 Å². The quantitative estimate of drug-likeness (QED) is 0.753. The van der Waals surface area contributed by atoms with E-state index >= 15 is 0 Å². The summed E-state index contributed by atoms with van der Waals surface area (Å²) in [6.07, 6.45) is 3.74. The Hall–Kier alpha value is -3.09. The number of hydrogen-bond donors (Lipinski definition) is 2. The summed E-state index contributed by atoms with van der Waals surface area (Å²) in [6.45, 7) is 2.57. The summed E-state index contributed by atoms with van der Waals surface area (Å²) in [6, 6.07) is 9.51. The number of oxazole rings is 1. The van der Waals surface area contributed by atoms with E-state index in [0.717, 1.165) is 12.1 Å². The predicted molar refractivity (Wildman–Crippen MR) is 86.1 cm³/mol. The predicted octanol–water partition coefficient (Wildman–Crippen LogP) is 2.25. The minimum atomic E-state index is -0.268. The Morgan fingerprint density at radius 1 is 1.35 bits per heavy atom. The van der Waals surface area contributed by atoms with E-state index in [1.165, 1.54) is 6.26 Å². The summed E-state index contributed by atoms with van der Waals surface area (Å²) >= 11 is 0. The molecule has 3 N–H and O–H groups in total. The number of carbonyl (C=O) groups excluding carboxylic acids is 1. The van der Waals surface area contributed by atoms with E-state index in [1.54, 1.807) is 10.9 Å². The zero-order valence-electron chi connectivity index (χ0n) is 12.7. The van der Waals surface area contributed by atoms with Gasteiger partial charge in [0.25, 0.3) is 5.91 Å². The van der Waals surface area contributed by atoms with Gasteiger partial charge in [-0.2, -0.15) is 5.10 Å². The van der Waals surface area contributed by atoms with Crippen LogP contribution in [0, 0.1) is 0 Å². The number of benzene rings is 1. The minimum Gasteiger partial charge on any atom is -0.443 e. The van der Waals surface area contributed by atoms with Crippen LogP contribution in [0.5, 0.6) is 0 Å². The Bertz CT molecular complexity index is 807. The first kappa shape index (κ1) is 14.8. The molecule has 0 saturated heterocycles. The van der Waals surface area contributed by atoms with E-state index in [4.69, 9.17) is 10.2 Å². The maximum absolute atomic E-state index is 11.9. The van der Waals surface area contributed by atoms with Gasteiger partial charge in [0, 0.05) is 6.54 Å². The molecule has 0 aliphatic heterocycles. The molecule has 0 unspecified atom stereocenters. The largest absolute Gasteiger partial charge is 0.443 e. The molecular weight excluding hydrogens is 294 g/mol. The van der Waals surface area contributed by atoms with Crippen LogP contribution in [0.4, 0.5) is 5.82 Å². The number of para-hydroxylation sites is 1. The number of amides is 1. The van der Waals surface area contributed by atoms with Crippen molar-refractivity contribution in [3.8, 4) is 17.1 Å². The maximum atomic E-state index is 11.9. The molecule has 0 aliphatic carbocycles. The SMILES string of the molecule is CCCNC(=O)c1coc(-c2cnn(-c3ccccc3)c2N)n1. The summed E-state index contributed by atoms with van der Waals surface area (Å²) in [5.74, 6) is 0.403. The number of anilines is 1. The summed E-state index contributed by atoms with van der Waals surface area (Å²) in [7, 11) is 0. The molecule has 1 amide bonds. The molecule has 7 nitrogen and oxygen atoms in total. The first-order valence-corrected chi connectivity index (χ1v) is 7.33. The molecular formula is C16H17N5O2. The van der Waals surface area contributed by atoms with Gasteiger partial charge in [-0.25, -0.2) is 9.67 Å². The second-order valence-corrected chi connectivity index (χ2v) is 4.98. The van der Waals surface area contributed by atoms with E-state index in [1.807, 2.05) is 37.3 Å². The number of nitrogens with two attached hydrogens (primary N) is 1. The second kappa shape index (κ2) is 6.35. The lowest BCUT2D eigenvalue weighted by Gasteiger charge is -2.03. The van der Waals surface area contributed by atoms with Crippen molar-refractivity contribution in [2.45, 2.75) is 13.3 Å². The van der Waals surface area contributed by atoms with Crippen molar-refractivity contribution in [3.05, 3.63) is 48.5 Å². The fraction of sp³-hybridized carbons (Fsp3) is 0.188. The van der Waals surface area contributed by atoms with Gasteiger partial charge in [0.15, 0.2) is 5.69 Å². The number of rotatable bonds is 5. The summed E-state index contributed by atoms with van der Waals surface area (Å²) in [5.41, 5.74) is 7.74. The molecule has 7 heteroatoms. The minimum absolute atomic E-state index is 0.223. The third-order valence-corrected chi connectivity index (χ3v) is 3.31. The molecule has 0 saturated carbocycles. The normalized spacial score (nSPS) is 10.7. The molecule has 0 bridgehead atoms. The van der Waals surface area contributed by atoms with E-state index in [-0.39, 0.29) is 17.5 Å². The molecule has 0 aliphatic rings. The topological polar surface area (TPSA) is 99.0 Å². The highest BCUT2D eigenvalue weighted by atomic mass is 16.3. The Kier molecular flexibility index (Phi) is 4.09. The van der Waals surface area contributed by atoms with Gasteiger partial charge in [-0.15, -0.1) is 0 Å². The molecule has 0 radical (unpaired) electrons. The van der Waals surface area contributed by atoms with Crippen molar-refractivity contribution < 1.29 is 9.21 Å². The summed E-state index contributed by atoms with van der Waals surface area (Å²) in [4.78, 5) is 16.1. The van der Waals surface area contributed by atoms with Crippen LogP contribution < -0.4 is 11.1 Å². The molecule has 2 aromatic heterocycles. The second-order valence-electron chi connectivity index (χ2n) is 4.98. The van der Waals surface area contributed by atoms with Gasteiger partial charge >= 0.3 is 0 Å². The molecule has 0 atom stereocenters. The molecule has 118 valence electrons. The van der Waals surface area contributed by atoms with Crippen molar-refractivity contribution >= 4 is 11.7 Å². The third kappa shape index (κ3) is 2.94. The fourth-order valence-electron chi connectivity index (χ4n) is 2.13. The number of carbonyl (C=O) groups is 1. The standard InChI is InChI=1S/C16H17N5O2/c1-2-8-18-15(22)13-10-23-16(20-13)12-9-19-21(14(12)17)11-6-4-3-5-7-11/h3-7,9-10H,2,8,17H2,1H3,(H,18,22). The van der Waals surface area contributed by atoms with Crippen LogP contribution in [0.3, 0.4) is 0 Å². The molecule has 23 heavy (non-hydrogen) atoms. The van der Waals surface area contributed by atoms with Crippen LogP contribution in [-0.2, 0) is 0 Å². The van der Waals surface area contributed by atoms with Crippen LogP contribution in [-0.4, -0.2) is 27.2 Å². The number of nitrogen functional groups attached to an aromatic ring is 1. The van der Waals surface area contributed by atoms with Gasteiger partial charge in [-0.3, -0.25) is 4.79 Å². The van der Waals surface area contributed by atoms with Crippen LogP contribution in [0.15, 0.2) is 47.2 Å². The Labute approximate surface area is 133 Å². The van der Waals surface area contributed by atoms with Gasteiger partial charge in [0.1, 0.15) is 12.1 Å². The molecule has 3 aromatic rings. The highest BCUT2D eigenvalue weighted by Gasteiger charge is 2.18. The summed E-state index contributed by atoms with van der Waals surface area (Å²) < 4.78 is 6.97. The highest BCUT2D eigenvalue weighted by molar-refractivity contribution is 5.92. The molecule has 1 aromatic carbocycles. The zero-order valence-corrected chi connectivity index (χ0v) is 12.7. The molecule has 2 heterocycles. The molecule has 0 fully saturated rings. The van der Waals surface area contributed by atoms with Crippen LogP contribution in [0.1, 0.15) is 23.8 Å². The monoisotopic (exact) mass is 311 g/mol. The lowest BCUT2D eigenvalue weighted by molar-refractivity contribution is 0.0948. The number of nitrogens with one attached hydrogen (secondary N) is 1. The molecule has 0 spiro atoms. The Morgan fingerprint density at radius 3 is 2.87 bits per heavy atom. The van der Waals surface area contributed by atoms with Gasteiger partial charge in [0.2, 0.25) is 5.89 Å². The fourth-order valence-corrected chi connectivity index (χ4v) is 2.13. The van der Waals surface area contributed by atoms with Crippen LogP contribution in [0.2, 0.25) is 0 Å². The Morgan fingerprint density at radius 2 is 2.13 bits per heavy atom. The summed E-state index contributed by atoms with van der Waals surface area (Å²) in [5, 5.41) is 7.00. The van der Waals surface area contributed by atoms with Crippen molar-refractivity contribution in [1.29, 1.82) is 0 Å². The smallest absolute Gasteiger partial charge is 0.273 e. The van der Waals surface area contributed by atoms with Crippen LogP contribution in [0.25, 0.3) is 17.1 Å². The first-order valence-electron chi connectivity index (χ1n) is 7.33. The maximum Gasteiger partial charge on any atom is 0.273 e. The lowest BCUT2D eigenvalue weighted by Crippen LogP contribution is -2.24. The van der Waals surface area contributed by atoms with Crippen molar-refractivity contribution in [2.24, 2.45) is 0 Å².